The minimum absolute atomic E-state index is 0.0140. The topological polar surface area (TPSA) is 55.8 Å². The van der Waals surface area contributed by atoms with Crippen LogP contribution < -0.4 is 9.47 Å². The highest BCUT2D eigenvalue weighted by Gasteiger charge is 2.60. The predicted octanol–water partition coefficient (Wildman–Crippen LogP) is 8.35. The number of rotatable bonds is 7. The zero-order valence-corrected chi connectivity index (χ0v) is 23.6. The fourth-order valence-corrected chi connectivity index (χ4v) is 7.03. The molecule has 40 heavy (non-hydrogen) atoms. The number of aliphatic carboxylic acids is 1. The highest BCUT2D eigenvalue weighted by molar-refractivity contribution is 5.85. The molecule has 6 rings (SSSR count). The van der Waals surface area contributed by atoms with Gasteiger partial charge in [0, 0.05) is 11.0 Å². The summed E-state index contributed by atoms with van der Waals surface area (Å²) >= 11 is 0. The maximum absolute atomic E-state index is 15.1. The Morgan fingerprint density at radius 1 is 0.975 bits per heavy atom. The largest absolute Gasteiger partial charge is 0.497 e. The molecule has 0 bridgehead atoms. The van der Waals surface area contributed by atoms with E-state index in [4.69, 9.17) is 9.47 Å². The van der Waals surface area contributed by atoms with E-state index in [1.165, 1.54) is 17.2 Å². The van der Waals surface area contributed by atoms with Crippen LogP contribution in [0.15, 0.2) is 60.7 Å². The summed E-state index contributed by atoms with van der Waals surface area (Å²) in [5.41, 5.74) is 6.80. The first-order valence-corrected chi connectivity index (χ1v) is 14.4. The van der Waals surface area contributed by atoms with Crippen LogP contribution in [0.1, 0.15) is 74.6 Å². The molecule has 1 spiro atoms. The number of aryl methyl sites for hydroxylation is 1. The SMILES string of the molecule is COc1ccc(F)c(-c2ccc(COc3ccc4c(c3)[C@]3(CCCC4)C[C@H]3C(=O)O)cc2C2=CCCC2(C)C)c1. The highest BCUT2D eigenvalue weighted by Crippen LogP contribution is 2.60. The second-order valence-corrected chi connectivity index (χ2v) is 12.3. The minimum atomic E-state index is -0.691. The van der Waals surface area contributed by atoms with Crippen LogP contribution in [0.25, 0.3) is 16.7 Å². The Kier molecular flexibility index (Phi) is 6.72. The zero-order chi connectivity index (χ0) is 28.1. The van der Waals surface area contributed by atoms with Crippen molar-refractivity contribution < 1.29 is 23.8 Å². The number of benzene rings is 3. The molecule has 0 aromatic heterocycles. The molecular formula is C35H37FO4. The Hall–Kier alpha value is -3.60. The van der Waals surface area contributed by atoms with Crippen LogP contribution in [0.2, 0.25) is 0 Å². The Labute approximate surface area is 235 Å². The van der Waals surface area contributed by atoms with Crippen molar-refractivity contribution in [2.45, 2.75) is 70.8 Å². The third-order valence-corrected chi connectivity index (χ3v) is 9.40. The maximum atomic E-state index is 15.1. The second kappa shape index (κ2) is 10.1. The molecule has 0 amide bonds. The molecule has 0 radical (unpaired) electrons. The number of methoxy groups -OCH3 is 1. The van der Waals surface area contributed by atoms with Gasteiger partial charge in [-0.2, -0.15) is 0 Å². The summed E-state index contributed by atoms with van der Waals surface area (Å²) in [7, 11) is 1.59. The molecule has 3 aromatic carbocycles. The average Bonchev–Trinajstić information content (AvgIpc) is 3.62. The number of hydrogen-bond acceptors (Lipinski definition) is 3. The molecule has 5 heteroatoms. The van der Waals surface area contributed by atoms with E-state index in [1.807, 2.05) is 18.2 Å². The quantitative estimate of drug-likeness (QED) is 0.327. The van der Waals surface area contributed by atoms with Crippen molar-refractivity contribution in [1.82, 2.24) is 0 Å². The van der Waals surface area contributed by atoms with Crippen LogP contribution in [0, 0.1) is 17.2 Å². The fourth-order valence-electron chi connectivity index (χ4n) is 7.03. The van der Waals surface area contributed by atoms with Gasteiger partial charge in [0.05, 0.1) is 13.0 Å². The maximum Gasteiger partial charge on any atom is 0.307 e. The van der Waals surface area contributed by atoms with E-state index in [9.17, 15) is 9.90 Å². The molecule has 0 unspecified atom stereocenters. The molecule has 0 saturated heterocycles. The number of carboxylic acid groups (broad SMARTS) is 1. The number of ether oxygens (including phenoxy) is 2. The van der Waals surface area contributed by atoms with E-state index < -0.39 is 5.97 Å². The first-order chi connectivity index (χ1) is 19.2. The Morgan fingerprint density at radius 2 is 1.80 bits per heavy atom. The summed E-state index contributed by atoms with van der Waals surface area (Å²) in [6, 6.07) is 17.2. The first-order valence-electron chi connectivity index (χ1n) is 14.4. The van der Waals surface area contributed by atoms with Crippen LogP contribution in [0.4, 0.5) is 4.39 Å². The summed E-state index contributed by atoms with van der Waals surface area (Å²) in [4.78, 5) is 11.9. The standard InChI is InChI=1S/C35H37FO4/c1-34(2)15-6-8-29(34)27-17-22(9-13-26(27)28-18-24(39-3)12-14-32(28)36)21-40-25-11-10-23-7-4-5-16-35(30(23)19-25)20-31(35)33(37)38/h8-14,17-19,31H,4-7,15-16,20-21H2,1-3H3,(H,37,38)/t31-,35-/m0/s1. The summed E-state index contributed by atoms with van der Waals surface area (Å²) in [5, 5.41) is 9.75. The van der Waals surface area contributed by atoms with E-state index >= 15 is 4.39 Å². The molecular weight excluding hydrogens is 503 g/mol. The Balaban J connectivity index is 1.32. The number of hydrogen-bond donors (Lipinski definition) is 1. The van der Waals surface area contributed by atoms with Crippen LogP contribution in [0.3, 0.4) is 0 Å². The monoisotopic (exact) mass is 540 g/mol. The van der Waals surface area contributed by atoms with Gasteiger partial charge in [0.25, 0.3) is 0 Å². The predicted molar refractivity (Wildman–Crippen MR) is 155 cm³/mol. The number of carboxylic acids is 1. The van der Waals surface area contributed by atoms with E-state index in [2.05, 4.69) is 38.1 Å². The summed E-state index contributed by atoms with van der Waals surface area (Å²) in [6.45, 7) is 4.86. The summed E-state index contributed by atoms with van der Waals surface area (Å²) in [5.74, 6) is 0.122. The van der Waals surface area contributed by atoms with Crippen molar-refractivity contribution in [2.75, 3.05) is 7.11 Å². The van der Waals surface area contributed by atoms with Gasteiger partial charge in [-0.25, -0.2) is 4.39 Å². The molecule has 1 saturated carbocycles. The van der Waals surface area contributed by atoms with E-state index in [0.717, 1.165) is 72.9 Å². The molecule has 4 nitrogen and oxygen atoms in total. The second-order valence-electron chi connectivity index (χ2n) is 12.3. The number of halogens is 1. The minimum Gasteiger partial charge on any atom is -0.497 e. The van der Waals surface area contributed by atoms with Crippen molar-refractivity contribution in [3.05, 3.63) is 88.7 Å². The van der Waals surface area contributed by atoms with Gasteiger partial charge >= 0.3 is 5.97 Å². The third kappa shape index (κ3) is 4.70. The summed E-state index contributed by atoms with van der Waals surface area (Å²) in [6.07, 6.45) is 9.11. The van der Waals surface area contributed by atoms with Crippen molar-refractivity contribution in [3.8, 4) is 22.6 Å². The van der Waals surface area contributed by atoms with Crippen LogP contribution in [-0.4, -0.2) is 18.2 Å². The van der Waals surface area contributed by atoms with E-state index in [-0.39, 0.29) is 22.6 Å². The lowest BCUT2D eigenvalue weighted by Gasteiger charge is -2.25. The van der Waals surface area contributed by atoms with Crippen molar-refractivity contribution in [3.63, 3.8) is 0 Å². The normalized spacial score (nSPS) is 22.8. The van der Waals surface area contributed by atoms with Crippen LogP contribution in [-0.2, 0) is 23.2 Å². The molecule has 1 fully saturated rings. The fraction of sp³-hybridized carbons (Fsp3) is 0.400. The van der Waals surface area contributed by atoms with Crippen molar-refractivity contribution in [2.24, 2.45) is 11.3 Å². The van der Waals surface area contributed by atoms with Gasteiger partial charge in [0.15, 0.2) is 0 Å². The van der Waals surface area contributed by atoms with Gasteiger partial charge in [0.1, 0.15) is 23.9 Å². The molecule has 3 aliphatic rings. The lowest BCUT2D eigenvalue weighted by atomic mass is 9.79. The lowest BCUT2D eigenvalue weighted by Crippen LogP contribution is -2.16. The van der Waals surface area contributed by atoms with Crippen molar-refractivity contribution in [1.29, 1.82) is 0 Å². The highest BCUT2D eigenvalue weighted by atomic mass is 19.1. The number of carbonyl (C=O) groups is 1. The van der Waals surface area contributed by atoms with Gasteiger partial charge in [-0.3, -0.25) is 4.79 Å². The molecule has 0 heterocycles. The molecule has 0 aliphatic heterocycles. The Bertz CT molecular complexity index is 1500. The molecule has 2 atom stereocenters. The molecule has 3 aliphatic carbocycles. The molecule has 208 valence electrons. The van der Waals surface area contributed by atoms with Gasteiger partial charge in [-0.05, 0) is 114 Å². The zero-order valence-electron chi connectivity index (χ0n) is 23.6. The number of allylic oxidation sites excluding steroid dienone is 2. The van der Waals surface area contributed by atoms with Crippen molar-refractivity contribution >= 4 is 11.5 Å². The number of fused-ring (bicyclic) bond motifs is 2. The van der Waals surface area contributed by atoms with E-state index in [0.29, 0.717) is 17.9 Å². The lowest BCUT2D eigenvalue weighted by molar-refractivity contribution is -0.139. The molecule has 1 N–H and O–H groups in total. The van der Waals surface area contributed by atoms with E-state index in [1.54, 1.807) is 19.2 Å². The van der Waals surface area contributed by atoms with Crippen LogP contribution >= 0.6 is 0 Å². The average molecular weight is 541 g/mol. The Morgan fingerprint density at radius 3 is 2.52 bits per heavy atom. The third-order valence-electron chi connectivity index (χ3n) is 9.40. The van der Waals surface area contributed by atoms with Gasteiger partial charge < -0.3 is 14.6 Å². The first kappa shape index (κ1) is 26.6. The van der Waals surface area contributed by atoms with Gasteiger partial charge in [-0.1, -0.05) is 44.5 Å². The van der Waals surface area contributed by atoms with Gasteiger partial charge in [0.2, 0.25) is 0 Å². The van der Waals surface area contributed by atoms with Crippen LogP contribution in [0.5, 0.6) is 11.5 Å². The summed E-state index contributed by atoms with van der Waals surface area (Å²) < 4.78 is 26.8. The smallest absolute Gasteiger partial charge is 0.307 e. The van der Waals surface area contributed by atoms with Gasteiger partial charge in [-0.15, -0.1) is 0 Å². The molecule has 3 aromatic rings.